The van der Waals surface area contributed by atoms with E-state index in [-0.39, 0.29) is 0 Å². The third-order valence-corrected chi connectivity index (χ3v) is 2.50. The Labute approximate surface area is 68.8 Å². The predicted octanol–water partition coefficient (Wildman–Crippen LogP) is 1.77. The number of nitriles is 1. The maximum atomic E-state index is 8.32. The molecule has 11 heavy (non-hydrogen) atoms. The summed E-state index contributed by atoms with van der Waals surface area (Å²) in [6.45, 7) is 1.10. The second-order valence-corrected chi connectivity index (χ2v) is 3.33. The minimum absolute atomic E-state index is 0.705. The normalized spacial score (nSPS) is 17.9. The summed E-state index contributed by atoms with van der Waals surface area (Å²) in [6.07, 6.45) is 5.86. The number of hydrogen-bond acceptors (Lipinski definition) is 2. The fourth-order valence-electron chi connectivity index (χ4n) is 1.42. The molecule has 1 aliphatic carbocycles. The second kappa shape index (κ2) is 4.35. The third kappa shape index (κ3) is 2.51. The molecule has 0 amide bonds. The maximum Gasteiger partial charge on any atom is 0.0622 e. The Balaban J connectivity index is 2.01. The summed E-state index contributed by atoms with van der Waals surface area (Å²) < 4.78 is 0. The van der Waals surface area contributed by atoms with Gasteiger partial charge >= 0.3 is 0 Å². The van der Waals surface area contributed by atoms with Gasteiger partial charge in [-0.2, -0.15) is 5.26 Å². The van der Waals surface area contributed by atoms with Gasteiger partial charge < -0.3 is 4.90 Å². The largest absolute Gasteiger partial charge is 0.303 e. The lowest BCUT2D eigenvalue weighted by Gasteiger charge is -2.34. The zero-order valence-corrected chi connectivity index (χ0v) is 7.21. The van der Waals surface area contributed by atoms with Gasteiger partial charge in [0.1, 0.15) is 0 Å². The van der Waals surface area contributed by atoms with Crippen LogP contribution in [0, 0.1) is 11.3 Å². The summed E-state index contributed by atoms with van der Waals surface area (Å²) in [5.74, 6) is 0. The molecule has 0 atom stereocenters. The van der Waals surface area contributed by atoms with Gasteiger partial charge in [-0.1, -0.05) is 6.42 Å². The molecule has 0 heterocycles. The summed E-state index contributed by atoms with van der Waals surface area (Å²) in [4.78, 5) is 2.39. The van der Waals surface area contributed by atoms with Gasteiger partial charge in [-0.05, 0) is 32.9 Å². The standard InChI is InChI=1S/C9H16N2/c1-11(8-3-2-7-10)9-5-4-6-9/h9H,2-6,8H2,1H3. The van der Waals surface area contributed by atoms with Crippen molar-refractivity contribution in [3.8, 4) is 6.07 Å². The van der Waals surface area contributed by atoms with E-state index in [0.29, 0.717) is 6.42 Å². The van der Waals surface area contributed by atoms with Crippen LogP contribution in [0.4, 0.5) is 0 Å². The zero-order chi connectivity index (χ0) is 8.10. The van der Waals surface area contributed by atoms with Crippen LogP contribution in [-0.2, 0) is 0 Å². The van der Waals surface area contributed by atoms with E-state index in [1.165, 1.54) is 19.3 Å². The molecular formula is C9H16N2. The molecule has 1 fully saturated rings. The monoisotopic (exact) mass is 152 g/mol. The molecule has 1 saturated carbocycles. The molecule has 0 aromatic carbocycles. The van der Waals surface area contributed by atoms with Gasteiger partial charge in [-0.15, -0.1) is 0 Å². The molecule has 0 aliphatic heterocycles. The lowest BCUT2D eigenvalue weighted by Crippen LogP contribution is -2.37. The second-order valence-electron chi connectivity index (χ2n) is 3.33. The lowest BCUT2D eigenvalue weighted by molar-refractivity contribution is 0.159. The van der Waals surface area contributed by atoms with E-state index < -0.39 is 0 Å². The summed E-state index contributed by atoms with van der Waals surface area (Å²) in [5, 5.41) is 8.32. The van der Waals surface area contributed by atoms with Gasteiger partial charge in [0.15, 0.2) is 0 Å². The van der Waals surface area contributed by atoms with Gasteiger partial charge in [0, 0.05) is 12.5 Å². The minimum Gasteiger partial charge on any atom is -0.303 e. The highest BCUT2D eigenvalue weighted by atomic mass is 15.1. The highest BCUT2D eigenvalue weighted by molar-refractivity contribution is 4.78. The van der Waals surface area contributed by atoms with Crippen molar-refractivity contribution in [1.29, 1.82) is 5.26 Å². The zero-order valence-electron chi connectivity index (χ0n) is 7.21. The molecule has 1 rings (SSSR count). The number of unbranched alkanes of at least 4 members (excludes halogenated alkanes) is 1. The molecule has 0 radical (unpaired) electrons. The van der Waals surface area contributed by atoms with Crippen molar-refractivity contribution >= 4 is 0 Å². The molecule has 1 aliphatic rings. The van der Waals surface area contributed by atoms with E-state index in [2.05, 4.69) is 18.0 Å². The first kappa shape index (κ1) is 8.55. The van der Waals surface area contributed by atoms with E-state index in [0.717, 1.165) is 19.0 Å². The fourth-order valence-corrected chi connectivity index (χ4v) is 1.42. The van der Waals surface area contributed by atoms with E-state index in [4.69, 9.17) is 5.26 Å². The maximum absolute atomic E-state index is 8.32. The Morgan fingerprint density at radius 2 is 2.27 bits per heavy atom. The quantitative estimate of drug-likeness (QED) is 0.574. The first-order valence-electron chi connectivity index (χ1n) is 4.42. The Morgan fingerprint density at radius 3 is 2.73 bits per heavy atom. The van der Waals surface area contributed by atoms with Crippen LogP contribution in [0.25, 0.3) is 0 Å². The first-order valence-corrected chi connectivity index (χ1v) is 4.42. The van der Waals surface area contributed by atoms with Gasteiger partial charge in [0.05, 0.1) is 6.07 Å². The van der Waals surface area contributed by atoms with Gasteiger partial charge in [-0.3, -0.25) is 0 Å². The van der Waals surface area contributed by atoms with Crippen molar-refractivity contribution < 1.29 is 0 Å². The molecule has 0 unspecified atom stereocenters. The smallest absolute Gasteiger partial charge is 0.0622 e. The van der Waals surface area contributed by atoms with E-state index in [1.54, 1.807) is 0 Å². The van der Waals surface area contributed by atoms with Crippen molar-refractivity contribution in [3.63, 3.8) is 0 Å². The summed E-state index contributed by atoms with van der Waals surface area (Å²) in [6, 6.07) is 3.00. The van der Waals surface area contributed by atoms with E-state index >= 15 is 0 Å². The number of hydrogen-bond donors (Lipinski definition) is 0. The van der Waals surface area contributed by atoms with Crippen molar-refractivity contribution in [1.82, 2.24) is 4.90 Å². The van der Waals surface area contributed by atoms with Gasteiger partial charge in [-0.25, -0.2) is 0 Å². The highest BCUT2D eigenvalue weighted by Crippen LogP contribution is 2.23. The average molecular weight is 152 g/mol. The van der Waals surface area contributed by atoms with Crippen molar-refractivity contribution in [3.05, 3.63) is 0 Å². The van der Waals surface area contributed by atoms with Crippen molar-refractivity contribution in [2.45, 2.75) is 38.1 Å². The molecule has 2 heteroatoms. The number of nitrogens with zero attached hydrogens (tertiary/aromatic N) is 2. The van der Waals surface area contributed by atoms with Crippen LogP contribution < -0.4 is 0 Å². The average Bonchev–Trinajstić information content (AvgIpc) is 1.84. The van der Waals surface area contributed by atoms with Gasteiger partial charge in [0.25, 0.3) is 0 Å². The first-order chi connectivity index (χ1) is 5.34. The molecule has 0 aromatic heterocycles. The fraction of sp³-hybridized carbons (Fsp3) is 0.889. The van der Waals surface area contributed by atoms with Crippen LogP contribution in [-0.4, -0.2) is 24.5 Å². The van der Waals surface area contributed by atoms with Crippen LogP contribution in [0.5, 0.6) is 0 Å². The molecular weight excluding hydrogens is 136 g/mol. The third-order valence-electron chi connectivity index (χ3n) is 2.50. The molecule has 0 bridgehead atoms. The molecule has 62 valence electrons. The van der Waals surface area contributed by atoms with Crippen LogP contribution in [0.3, 0.4) is 0 Å². The minimum atomic E-state index is 0.705. The van der Waals surface area contributed by atoms with E-state index in [1.807, 2.05) is 0 Å². The Kier molecular flexibility index (Phi) is 3.38. The lowest BCUT2D eigenvalue weighted by atomic mass is 9.92. The highest BCUT2D eigenvalue weighted by Gasteiger charge is 2.20. The summed E-state index contributed by atoms with van der Waals surface area (Å²) in [5.41, 5.74) is 0. The molecule has 0 aromatic rings. The van der Waals surface area contributed by atoms with Gasteiger partial charge in [0.2, 0.25) is 0 Å². The van der Waals surface area contributed by atoms with Crippen LogP contribution in [0.15, 0.2) is 0 Å². The Morgan fingerprint density at radius 1 is 1.55 bits per heavy atom. The van der Waals surface area contributed by atoms with Crippen LogP contribution in [0.2, 0.25) is 0 Å². The topological polar surface area (TPSA) is 27.0 Å². The van der Waals surface area contributed by atoms with Crippen LogP contribution >= 0.6 is 0 Å². The molecule has 2 nitrogen and oxygen atoms in total. The summed E-state index contributed by atoms with van der Waals surface area (Å²) in [7, 11) is 2.17. The van der Waals surface area contributed by atoms with E-state index in [9.17, 15) is 0 Å². The Hall–Kier alpha value is -0.550. The molecule has 0 saturated heterocycles. The SMILES string of the molecule is CN(CCCC#N)C1CCC1. The predicted molar refractivity (Wildman–Crippen MR) is 45.1 cm³/mol. The number of rotatable bonds is 4. The van der Waals surface area contributed by atoms with Crippen LogP contribution in [0.1, 0.15) is 32.1 Å². The molecule has 0 N–H and O–H groups in total. The molecule has 0 spiro atoms. The van der Waals surface area contributed by atoms with Crippen molar-refractivity contribution in [2.24, 2.45) is 0 Å². The summed E-state index contributed by atoms with van der Waals surface area (Å²) >= 11 is 0. The van der Waals surface area contributed by atoms with Crippen molar-refractivity contribution in [2.75, 3.05) is 13.6 Å². The Bertz CT molecular complexity index is 144.